The molecule has 170 valence electrons. The van der Waals surface area contributed by atoms with Crippen LogP contribution in [0.1, 0.15) is 43.4 Å². The van der Waals surface area contributed by atoms with Gasteiger partial charge in [-0.3, -0.25) is 0 Å². The summed E-state index contributed by atoms with van der Waals surface area (Å²) >= 11 is 0. The van der Waals surface area contributed by atoms with E-state index in [9.17, 15) is 30.0 Å². The molecule has 2 aromatic carbocycles. The lowest BCUT2D eigenvalue weighted by Gasteiger charge is -2.40. The molecule has 1 saturated heterocycles. The zero-order valence-electron chi connectivity index (χ0n) is 17.0. The van der Waals surface area contributed by atoms with Crippen LogP contribution in [-0.2, 0) is 30.6 Å². The van der Waals surface area contributed by atoms with E-state index in [0.29, 0.717) is 11.6 Å². The summed E-state index contributed by atoms with van der Waals surface area (Å²) in [5, 5.41) is 0. The standard InChI is InChI=1S/C21H23F3O5S2/c1-3-20(31(27,28)18-9-5-7-16(13-18)21(22,23)24)10-11-29-19(14-20)15-6-4-8-17(12-15)30(2,25)26/h4-9,12-13,19H,3,10-11,14H2,1-2H3. The first-order chi connectivity index (χ1) is 14.3. The fourth-order valence-electron chi connectivity index (χ4n) is 3.89. The van der Waals surface area contributed by atoms with E-state index >= 15 is 0 Å². The van der Waals surface area contributed by atoms with Crippen LogP contribution in [0.15, 0.2) is 58.3 Å². The molecule has 0 radical (unpaired) electrons. The average Bonchev–Trinajstić information content (AvgIpc) is 2.72. The summed E-state index contributed by atoms with van der Waals surface area (Å²) in [5.41, 5.74) is -0.510. The first-order valence-corrected chi connectivity index (χ1v) is 13.0. The van der Waals surface area contributed by atoms with Crippen LogP contribution in [-0.4, -0.2) is 34.4 Å². The molecule has 10 heteroatoms. The number of rotatable bonds is 5. The van der Waals surface area contributed by atoms with Gasteiger partial charge in [0.1, 0.15) is 0 Å². The van der Waals surface area contributed by atoms with Crippen molar-refractivity contribution < 1.29 is 34.7 Å². The van der Waals surface area contributed by atoms with E-state index < -0.39 is 42.3 Å². The van der Waals surface area contributed by atoms with Crippen LogP contribution >= 0.6 is 0 Å². The van der Waals surface area contributed by atoms with Crippen molar-refractivity contribution in [2.45, 2.75) is 53.0 Å². The summed E-state index contributed by atoms with van der Waals surface area (Å²) in [5.74, 6) is 0. The summed E-state index contributed by atoms with van der Waals surface area (Å²) in [7, 11) is -7.60. The molecule has 1 heterocycles. The number of benzene rings is 2. The van der Waals surface area contributed by atoms with E-state index in [2.05, 4.69) is 0 Å². The fourth-order valence-corrected chi connectivity index (χ4v) is 6.71. The lowest BCUT2D eigenvalue weighted by atomic mass is 9.89. The summed E-state index contributed by atoms with van der Waals surface area (Å²) < 4.78 is 94.6. The van der Waals surface area contributed by atoms with Gasteiger partial charge in [0, 0.05) is 12.9 Å². The van der Waals surface area contributed by atoms with Gasteiger partial charge in [0.25, 0.3) is 0 Å². The van der Waals surface area contributed by atoms with Gasteiger partial charge in [0.2, 0.25) is 0 Å². The van der Waals surface area contributed by atoms with E-state index in [0.717, 1.165) is 18.4 Å². The number of halogens is 3. The minimum atomic E-state index is -4.66. The van der Waals surface area contributed by atoms with Crippen molar-refractivity contribution in [2.24, 2.45) is 0 Å². The Kier molecular flexibility index (Phi) is 6.29. The second-order valence-electron chi connectivity index (χ2n) is 7.72. The Morgan fingerprint density at radius 3 is 2.29 bits per heavy atom. The van der Waals surface area contributed by atoms with Gasteiger partial charge in [-0.25, -0.2) is 16.8 Å². The van der Waals surface area contributed by atoms with Crippen molar-refractivity contribution in [2.75, 3.05) is 12.9 Å². The maximum Gasteiger partial charge on any atom is 0.416 e. The predicted molar refractivity (Wildman–Crippen MR) is 109 cm³/mol. The van der Waals surface area contributed by atoms with Gasteiger partial charge < -0.3 is 4.74 Å². The summed E-state index contributed by atoms with van der Waals surface area (Å²) in [6.45, 7) is 1.76. The van der Waals surface area contributed by atoms with Crippen LogP contribution in [0.4, 0.5) is 13.2 Å². The minimum Gasteiger partial charge on any atom is -0.373 e. The molecule has 3 rings (SSSR count). The van der Waals surface area contributed by atoms with Gasteiger partial charge in [-0.05, 0) is 55.2 Å². The highest BCUT2D eigenvalue weighted by Crippen LogP contribution is 2.45. The van der Waals surface area contributed by atoms with Crippen molar-refractivity contribution >= 4 is 19.7 Å². The zero-order valence-corrected chi connectivity index (χ0v) is 18.6. The Hall–Kier alpha value is -1.91. The maximum atomic E-state index is 13.5. The van der Waals surface area contributed by atoms with Crippen LogP contribution in [0.3, 0.4) is 0 Å². The van der Waals surface area contributed by atoms with Crippen LogP contribution in [0.2, 0.25) is 0 Å². The average molecular weight is 477 g/mol. The Morgan fingerprint density at radius 1 is 1.03 bits per heavy atom. The summed E-state index contributed by atoms with van der Waals surface area (Å²) in [6.07, 6.45) is -3.97. The molecule has 5 nitrogen and oxygen atoms in total. The molecule has 0 spiro atoms. The van der Waals surface area contributed by atoms with E-state index in [1.54, 1.807) is 19.1 Å². The number of hydrogen-bond donors (Lipinski definition) is 0. The Morgan fingerprint density at radius 2 is 1.68 bits per heavy atom. The van der Waals surface area contributed by atoms with Crippen molar-refractivity contribution in [3.63, 3.8) is 0 Å². The molecule has 0 amide bonds. The second-order valence-corrected chi connectivity index (χ2v) is 12.1. The summed E-state index contributed by atoms with van der Waals surface area (Å²) in [4.78, 5) is -0.295. The van der Waals surface area contributed by atoms with E-state index in [-0.39, 0.29) is 35.7 Å². The number of sulfone groups is 2. The van der Waals surface area contributed by atoms with Crippen molar-refractivity contribution in [1.82, 2.24) is 0 Å². The van der Waals surface area contributed by atoms with Crippen molar-refractivity contribution in [3.05, 3.63) is 59.7 Å². The maximum absolute atomic E-state index is 13.5. The topological polar surface area (TPSA) is 77.5 Å². The normalized spacial score (nSPS) is 22.9. The highest BCUT2D eigenvalue weighted by molar-refractivity contribution is 7.92. The van der Waals surface area contributed by atoms with Gasteiger partial charge in [-0.1, -0.05) is 25.1 Å². The van der Waals surface area contributed by atoms with Crippen LogP contribution in [0, 0.1) is 0 Å². The molecule has 0 aliphatic carbocycles. The highest BCUT2D eigenvalue weighted by Gasteiger charge is 2.48. The van der Waals surface area contributed by atoms with Crippen molar-refractivity contribution in [1.29, 1.82) is 0 Å². The number of alkyl halides is 3. The molecule has 0 aromatic heterocycles. The number of ether oxygens (including phenoxy) is 1. The molecule has 1 fully saturated rings. The number of hydrogen-bond acceptors (Lipinski definition) is 5. The zero-order chi connectivity index (χ0) is 23.1. The second kappa shape index (κ2) is 8.22. The van der Waals surface area contributed by atoms with Gasteiger partial charge in [-0.2, -0.15) is 13.2 Å². The quantitative estimate of drug-likeness (QED) is 0.631. The smallest absolute Gasteiger partial charge is 0.373 e. The molecule has 2 unspecified atom stereocenters. The molecule has 0 bridgehead atoms. The van der Waals surface area contributed by atoms with Gasteiger partial charge >= 0.3 is 6.18 Å². The third-order valence-electron chi connectivity index (χ3n) is 5.78. The highest BCUT2D eigenvalue weighted by atomic mass is 32.2. The molecule has 0 saturated carbocycles. The van der Waals surface area contributed by atoms with E-state index in [1.165, 1.54) is 18.2 Å². The largest absolute Gasteiger partial charge is 0.416 e. The molecular formula is C21H23F3O5S2. The SMILES string of the molecule is CCC1(S(=O)(=O)c2cccc(C(F)(F)F)c2)CCOC(c2cccc(S(C)(=O)=O)c2)C1. The Bertz CT molecular complexity index is 1170. The van der Waals surface area contributed by atoms with E-state index in [1.807, 2.05) is 0 Å². The molecule has 0 N–H and O–H groups in total. The van der Waals surface area contributed by atoms with Gasteiger partial charge in [-0.15, -0.1) is 0 Å². The van der Waals surface area contributed by atoms with Crippen LogP contribution < -0.4 is 0 Å². The third kappa shape index (κ3) is 4.65. The van der Waals surface area contributed by atoms with Crippen molar-refractivity contribution in [3.8, 4) is 0 Å². The first kappa shape index (κ1) is 23.7. The third-order valence-corrected chi connectivity index (χ3v) is 9.56. The minimum absolute atomic E-state index is 0.00922. The fraction of sp³-hybridized carbons (Fsp3) is 0.429. The Labute approximate surface area is 180 Å². The first-order valence-electron chi connectivity index (χ1n) is 9.64. The Balaban J connectivity index is 2.02. The monoisotopic (exact) mass is 476 g/mol. The van der Waals surface area contributed by atoms with Gasteiger partial charge in [0.15, 0.2) is 19.7 Å². The van der Waals surface area contributed by atoms with E-state index in [4.69, 9.17) is 4.74 Å². The van der Waals surface area contributed by atoms with Crippen LogP contribution in [0.25, 0.3) is 0 Å². The summed E-state index contributed by atoms with van der Waals surface area (Å²) in [6, 6.07) is 9.86. The molecule has 1 aliphatic heterocycles. The van der Waals surface area contributed by atoms with Crippen LogP contribution in [0.5, 0.6) is 0 Å². The molecule has 2 atom stereocenters. The predicted octanol–water partition coefficient (Wildman–Crippen LogP) is 4.58. The molecule has 1 aliphatic rings. The van der Waals surface area contributed by atoms with Gasteiger partial charge in [0.05, 0.1) is 26.2 Å². The molecular weight excluding hydrogens is 453 g/mol. The lowest BCUT2D eigenvalue weighted by Crippen LogP contribution is -2.44. The molecule has 31 heavy (non-hydrogen) atoms. The molecule has 2 aromatic rings. The lowest BCUT2D eigenvalue weighted by molar-refractivity contribution is -0.137.